The number of aromatic nitrogens is 2. The summed E-state index contributed by atoms with van der Waals surface area (Å²) in [5.74, 6) is 0.632. The quantitative estimate of drug-likeness (QED) is 0.904. The number of hydrogen-bond donors (Lipinski definition) is 1. The largest absolute Gasteiger partial charge is 0.492 e. The van der Waals surface area contributed by atoms with Crippen LogP contribution in [-0.4, -0.2) is 28.5 Å². The molecule has 1 N–H and O–H groups in total. The van der Waals surface area contributed by atoms with Gasteiger partial charge < -0.3 is 14.5 Å². The summed E-state index contributed by atoms with van der Waals surface area (Å²) in [6, 6.07) is 4.72. The first-order chi connectivity index (χ1) is 11.7. The Hall–Kier alpha value is -1.79. The molecule has 1 aromatic carbocycles. The van der Waals surface area contributed by atoms with E-state index < -0.39 is 5.76 Å². The SMILES string of the molecule is O=c1oc(-c2cc(Cl)cc3c2OCC3)nn1C1CC2CCC(C1)N2. The zero-order valence-electron chi connectivity index (χ0n) is 13.1. The minimum absolute atomic E-state index is 0.0990. The summed E-state index contributed by atoms with van der Waals surface area (Å²) < 4.78 is 12.7. The van der Waals surface area contributed by atoms with Crippen LogP contribution in [0.1, 0.15) is 37.3 Å². The first-order valence-electron chi connectivity index (χ1n) is 8.48. The Bertz CT molecular complexity index is 847. The number of rotatable bonds is 2. The number of ether oxygens (including phenoxy) is 1. The maximum atomic E-state index is 12.4. The molecule has 3 aliphatic heterocycles. The number of benzene rings is 1. The fourth-order valence-electron chi connectivity index (χ4n) is 4.28. The summed E-state index contributed by atoms with van der Waals surface area (Å²) in [6.45, 7) is 0.616. The summed E-state index contributed by atoms with van der Waals surface area (Å²) in [5.41, 5.74) is 1.71. The van der Waals surface area contributed by atoms with Crippen molar-refractivity contribution >= 4 is 11.6 Å². The fourth-order valence-corrected chi connectivity index (χ4v) is 4.52. The maximum absolute atomic E-state index is 12.4. The number of fused-ring (bicyclic) bond motifs is 3. The van der Waals surface area contributed by atoms with Gasteiger partial charge in [0.1, 0.15) is 5.75 Å². The predicted molar refractivity (Wildman–Crippen MR) is 88.6 cm³/mol. The molecule has 0 amide bonds. The number of nitrogens with one attached hydrogen (secondary N) is 1. The summed E-state index contributed by atoms with van der Waals surface area (Å²) in [4.78, 5) is 12.4. The molecular weight excluding hydrogens is 330 g/mol. The van der Waals surface area contributed by atoms with E-state index in [1.807, 2.05) is 6.07 Å². The van der Waals surface area contributed by atoms with Gasteiger partial charge in [-0.05, 0) is 43.4 Å². The molecule has 2 unspecified atom stereocenters. The van der Waals surface area contributed by atoms with Crippen LogP contribution in [0.5, 0.6) is 5.75 Å². The van der Waals surface area contributed by atoms with Gasteiger partial charge in [-0.25, -0.2) is 4.79 Å². The maximum Gasteiger partial charge on any atom is 0.437 e. The Morgan fingerprint density at radius 1 is 1.25 bits per heavy atom. The second kappa shape index (κ2) is 5.36. The molecule has 24 heavy (non-hydrogen) atoms. The van der Waals surface area contributed by atoms with E-state index in [9.17, 15) is 4.79 Å². The Balaban J connectivity index is 1.54. The molecular formula is C17H18ClN3O3. The van der Waals surface area contributed by atoms with Gasteiger partial charge in [0, 0.05) is 23.5 Å². The van der Waals surface area contributed by atoms with Crippen LogP contribution in [0.2, 0.25) is 5.02 Å². The number of halogens is 1. The third kappa shape index (κ3) is 2.28. The summed E-state index contributed by atoms with van der Waals surface area (Å²) in [5, 5.41) is 8.67. The third-order valence-electron chi connectivity index (χ3n) is 5.34. The first-order valence-corrected chi connectivity index (χ1v) is 8.86. The van der Waals surface area contributed by atoms with Gasteiger partial charge in [-0.15, -0.1) is 5.10 Å². The molecule has 6 nitrogen and oxygen atoms in total. The van der Waals surface area contributed by atoms with E-state index in [0.717, 1.165) is 30.6 Å². The zero-order valence-corrected chi connectivity index (χ0v) is 13.9. The van der Waals surface area contributed by atoms with Crippen molar-refractivity contribution < 1.29 is 9.15 Å². The molecule has 2 fully saturated rings. The lowest BCUT2D eigenvalue weighted by atomic mass is 10.0. The molecule has 0 saturated carbocycles. The Morgan fingerprint density at radius 3 is 2.83 bits per heavy atom. The number of nitrogens with zero attached hydrogens (tertiary/aromatic N) is 2. The van der Waals surface area contributed by atoms with Crippen LogP contribution < -0.4 is 15.8 Å². The fraction of sp³-hybridized carbons (Fsp3) is 0.529. The number of piperidine rings is 1. The molecule has 2 atom stereocenters. The van der Waals surface area contributed by atoms with Crippen LogP contribution in [0.25, 0.3) is 11.5 Å². The van der Waals surface area contributed by atoms with E-state index in [0.29, 0.717) is 35.2 Å². The first kappa shape index (κ1) is 14.5. The van der Waals surface area contributed by atoms with E-state index in [4.69, 9.17) is 20.8 Å². The highest BCUT2D eigenvalue weighted by Gasteiger charge is 2.36. The molecule has 7 heteroatoms. The van der Waals surface area contributed by atoms with Crippen LogP contribution >= 0.6 is 11.6 Å². The van der Waals surface area contributed by atoms with Crippen molar-refractivity contribution in [2.75, 3.05) is 6.61 Å². The molecule has 1 aromatic heterocycles. The van der Waals surface area contributed by atoms with Gasteiger partial charge in [0.05, 0.1) is 18.2 Å². The molecule has 4 heterocycles. The molecule has 2 aromatic rings. The molecule has 3 aliphatic rings. The standard InChI is InChI=1S/C17H18ClN3O3/c18-10-5-9-3-4-23-15(9)14(6-10)16-20-21(17(22)24-16)13-7-11-1-2-12(8-13)19-11/h5-6,11-13,19H,1-4,7-8H2. The minimum Gasteiger partial charge on any atom is -0.492 e. The Morgan fingerprint density at radius 2 is 2.04 bits per heavy atom. The van der Waals surface area contributed by atoms with Gasteiger partial charge in [0.15, 0.2) is 0 Å². The highest BCUT2D eigenvalue weighted by Crippen LogP contribution is 2.39. The molecule has 5 rings (SSSR count). The van der Waals surface area contributed by atoms with E-state index in [1.54, 1.807) is 6.07 Å². The van der Waals surface area contributed by atoms with Gasteiger partial charge >= 0.3 is 5.76 Å². The van der Waals surface area contributed by atoms with Crippen LogP contribution in [0.4, 0.5) is 0 Å². The van der Waals surface area contributed by atoms with Gasteiger partial charge in [-0.3, -0.25) is 0 Å². The Labute approximate surface area is 143 Å². The monoisotopic (exact) mass is 347 g/mol. The predicted octanol–water partition coefficient (Wildman–Crippen LogP) is 2.55. The lowest BCUT2D eigenvalue weighted by Gasteiger charge is -2.28. The lowest BCUT2D eigenvalue weighted by molar-refractivity contribution is 0.269. The van der Waals surface area contributed by atoms with Crippen LogP contribution in [0.3, 0.4) is 0 Å². The van der Waals surface area contributed by atoms with Gasteiger partial charge in [-0.1, -0.05) is 11.6 Å². The second-order valence-corrected chi connectivity index (χ2v) is 7.36. The van der Waals surface area contributed by atoms with Crippen molar-refractivity contribution in [2.24, 2.45) is 0 Å². The van der Waals surface area contributed by atoms with Crippen molar-refractivity contribution in [1.82, 2.24) is 15.1 Å². The van der Waals surface area contributed by atoms with Crippen LogP contribution in [-0.2, 0) is 6.42 Å². The lowest BCUT2D eigenvalue weighted by Crippen LogP contribution is -2.41. The normalized spacial score (nSPS) is 28.0. The smallest absolute Gasteiger partial charge is 0.437 e. The Kier molecular flexibility index (Phi) is 3.25. The summed E-state index contributed by atoms with van der Waals surface area (Å²) in [6.07, 6.45) is 5.01. The minimum atomic E-state index is -0.400. The van der Waals surface area contributed by atoms with Crippen molar-refractivity contribution in [1.29, 1.82) is 0 Å². The van der Waals surface area contributed by atoms with Gasteiger partial charge in [-0.2, -0.15) is 4.68 Å². The highest BCUT2D eigenvalue weighted by atomic mass is 35.5. The molecule has 126 valence electrons. The van der Waals surface area contributed by atoms with E-state index in [2.05, 4.69) is 10.4 Å². The van der Waals surface area contributed by atoms with Gasteiger partial charge in [0.25, 0.3) is 5.89 Å². The molecule has 2 bridgehead atoms. The van der Waals surface area contributed by atoms with Crippen molar-refractivity contribution in [2.45, 2.75) is 50.2 Å². The number of hydrogen-bond acceptors (Lipinski definition) is 5. The van der Waals surface area contributed by atoms with Crippen LogP contribution in [0, 0.1) is 0 Å². The third-order valence-corrected chi connectivity index (χ3v) is 5.56. The molecule has 0 spiro atoms. The van der Waals surface area contributed by atoms with Gasteiger partial charge in [0.2, 0.25) is 0 Å². The zero-order chi connectivity index (χ0) is 16.3. The molecule has 0 aliphatic carbocycles. The van der Waals surface area contributed by atoms with Crippen LogP contribution in [0.15, 0.2) is 21.3 Å². The average Bonchev–Trinajstić information content (AvgIpc) is 3.25. The van der Waals surface area contributed by atoms with Crippen molar-refractivity contribution in [3.05, 3.63) is 33.3 Å². The molecule has 0 radical (unpaired) electrons. The summed E-state index contributed by atoms with van der Waals surface area (Å²) >= 11 is 6.20. The van der Waals surface area contributed by atoms with E-state index >= 15 is 0 Å². The van der Waals surface area contributed by atoms with E-state index in [-0.39, 0.29) is 6.04 Å². The topological polar surface area (TPSA) is 69.3 Å². The molecule has 2 saturated heterocycles. The van der Waals surface area contributed by atoms with Crippen molar-refractivity contribution in [3.63, 3.8) is 0 Å². The van der Waals surface area contributed by atoms with E-state index in [1.165, 1.54) is 17.5 Å². The highest BCUT2D eigenvalue weighted by molar-refractivity contribution is 6.31. The summed E-state index contributed by atoms with van der Waals surface area (Å²) in [7, 11) is 0. The van der Waals surface area contributed by atoms with Crippen molar-refractivity contribution in [3.8, 4) is 17.2 Å². The average molecular weight is 348 g/mol. The second-order valence-electron chi connectivity index (χ2n) is 6.92.